The number of ether oxygens (including phenoxy) is 1. The van der Waals surface area contributed by atoms with E-state index in [2.05, 4.69) is 22.8 Å². The number of hydrogen-bond acceptors (Lipinski definition) is 4. The number of benzene rings is 1. The van der Waals surface area contributed by atoms with Gasteiger partial charge in [-0.1, -0.05) is 18.2 Å². The normalized spacial score (nSPS) is 10.3. The first kappa shape index (κ1) is 17.7. The van der Waals surface area contributed by atoms with E-state index in [9.17, 15) is 4.79 Å². The van der Waals surface area contributed by atoms with Crippen molar-refractivity contribution in [2.75, 3.05) is 26.5 Å². The number of carbonyl (C=O) groups is 1. The van der Waals surface area contributed by atoms with Crippen molar-refractivity contribution in [3.05, 3.63) is 52.2 Å². The fourth-order valence-corrected chi connectivity index (χ4v) is 3.75. The maximum atomic E-state index is 12.1. The van der Waals surface area contributed by atoms with Gasteiger partial charge in [-0.15, -0.1) is 11.3 Å². The summed E-state index contributed by atoms with van der Waals surface area (Å²) in [5, 5.41) is 5.04. The fourth-order valence-electron chi connectivity index (χ4n) is 2.05. The molecule has 0 spiro atoms. The second kappa shape index (κ2) is 9.47. The van der Waals surface area contributed by atoms with Gasteiger partial charge in [-0.2, -0.15) is 11.8 Å². The first-order valence-electron chi connectivity index (χ1n) is 7.41. The highest BCUT2D eigenvalue weighted by Gasteiger charge is 2.08. The molecule has 0 aliphatic carbocycles. The molecule has 2 aromatic rings. The van der Waals surface area contributed by atoms with Crippen LogP contribution < -0.4 is 10.1 Å². The lowest BCUT2D eigenvalue weighted by Crippen LogP contribution is -2.37. The van der Waals surface area contributed by atoms with E-state index in [-0.39, 0.29) is 6.03 Å². The number of carbonyl (C=O) groups excluding carboxylic acids is 1. The summed E-state index contributed by atoms with van der Waals surface area (Å²) < 4.78 is 5.20. The van der Waals surface area contributed by atoms with Crippen molar-refractivity contribution >= 4 is 29.1 Å². The van der Waals surface area contributed by atoms with Gasteiger partial charge in [0.05, 0.1) is 7.11 Å². The first-order chi connectivity index (χ1) is 11.2. The minimum atomic E-state index is -0.0513. The second-order valence-corrected chi connectivity index (χ2v) is 7.21. The molecule has 2 rings (SSSR count). The summed E-state index contributed by atoms with van der Waals surface area (Å²) in [4.78, 5) is 15.1. The number of rotatable bonds is 8. The number of hydrogen-bond donors (Lipinski definition) is 1. The van der Waals surface area contributed by atoms with Crippen molar-refractivity contribution < 1.29 is 9.53 Å². The average Bonchev–Trinajstić information content (AvgIpc) is 3.08. The van der Waals surface area contributed by atoms with Crippen LogP contribution in [0, 0.1) is 0 Å². The van der Waals surface area contributed by atoms with Crippen LogP contribution in [0.25, 0.3) is 0 Å². The molecule has 0 aliphatic heterocycles. The Balaban J connectivity index is 1.66. The second-order valence-electron chi connectivity index (χ2n) is 5.07. The Bertz CT molecular complexity index is 602. The van der Waals surface area contributed by atoms with Gasteiger partial charge in [0.1, 0.15) is 5.75 Å². The average molecular weight is 351 g/mol. The molecule has 1 aromatic carbocycles. The predicted molar refractivity (Wildman–Crippen MR) is 98.3 cm³/mol. The lowest BCUT2D eigenvalue weighted by atomic mass is 10.2. The highest BCUT2D eigenvalue weighted by Crippen LogP contribution is 2.16. The molecule has 23 heavy (non-hydrogen) atoms. The van der Waals surface area contributed by atoms with Gasteiger partial charge in [-0.25, -0.2) is 4.79 Å². The summed E-state index contributed by atoms with van der Waals surface area (Å²) in [5.41, 5.74) is 1.05. The standard InChI is InChI=1S/C17H22N2O2S2/c1-19(12-14-5-3-6-15(11-14)21-2)17(20)18-8-10-22-13-16-7-4-9-23-16/h3-7,9,11H,8,10,12-13H2,1-2H3,(H,18,20). The smallest absolute Gasteiger partial charge is 0.317 e. The summed E-state index contributed by atoms with van der Waals surface area (Å²) in [5.74, 6) is 2.73. The van der Waals surface area contributed by atoms with Crippen LogP contribution in [0.1, 0.15) is 10.4 Å². The first-order valence-corrected chi connectivity index (χ1v) is 9.44. The predicted octanol–water partition coefficient (Wildman–Crippen LogP) is 3.83. The molecule has 1 N–H and O–H groups in total. The number of thiophene rings is 1. The third-order valence-corrected chi connectivity index (χ3v) is 5.31. The van der Waals surface area contributed by atoms with Crippen molar-refractivity contribution in [3.63, 3.8) is 0 Å². The Hall–Kier alpha value is -1.66. The van der Waals surface area contributed by atoms with Crippen LogP contribution >= 0.6 is 23.1 Å². The van der Waals surface area contributed by atoms with Gasteiger partial charge in [0, 0.05) is 36.5 Å². The molecular formula is C17H22N2O2S2. The van der Waals surface area contributed by atoms with Crippen LogP contribution in [0.3, 0.4) is 0 Å². The zero-order chi connectivity index (χ0) is 16.5. The summed E-state index contributed by atoms with van der Waals surface area (Å²) in [7, 11) is 3.44. The van der Waals surface area contributed by atoms with E-state index in [0.717, 1.165) is 22.8 Å². The minimum Gasteiger partial charge on any atom is -0.497 e. The van der Waals surface area contributed by atoms with Gasteiger partial charge >= 0.3 is 6.03 Å². The molecule has 0 radical (unpaired) electrons. The lowest BCUT2D eigenvalue weighted by Gasteiger charge is -2.18. The van der Waals surface area contributed by atoms with Gasteiger partial charge in [-0.3, -0.25) is 0 Å². The Labute approximate surface area is 145 Å². The summed E-state index contributed by atoms with van der Waals surface area (Å²) in [6.45, 7) is 1.24. The van der Waals surface area contributed by atoms with Gasteiger partial charge in [0.15, 0.2) is 0 Å². The van der Waals surface area contributed by atoms with Gasteiger partial charge in [-0.05, 0) is 29.1 Å². The largest absolute Gasteiger partial charge is 0.497 e. The molecule has 1 aromatic heterocycles. The van der Waals surface area contributed by atoms with Crippen molar-refractivity contribution in [3.8, 4) is 5.75 Å². The third-order valence-electron chi connectivity index (χ3n) is 3.25. The van der Waals surface area contributed by atoms with Crippen LogP contribution in [0.4, 0.5) is 4.79 Å². The summed E-state index contributed by atoms with van der Waals surface area (Å²) in [6, 6.07) is 11.9. The molecule has 0 saturated heterocycles. The quantitative estimate of drug-likeness (QED) is 0.736. The molecule has 0 saturated carbocycles. The molecular weight excluding hydrogens is 328 g/mol. The van der Waals surface area contributed by atoms with Crippen LogP contribution in [0.2, 0.25) is 0 Å². The molecule has 0 aliphatic rings. The summed E-state index contributed by atoms with van der Waals surface area (Å²) in [6.07, 6.45) is 0. The maximum absolute atomic E-state index is 12.1. The Morgan fingerprint density at radius 1 is 1.35 bits per heavy atom. The minimum absolute atomic E-state index is 0.0513. The number of urea groups is 1. The highest BCUT2D eigenvalue weighted by molar-refractivity contribution is 7.98. The van der Waals surface area contributed by atoms with E-state index in [4.69, 9.17) is 4.74 Å². The molecule has 1 heterocycles. The topological polar surface area (TPSA) is 41.6 Å². The monoisotopic (exact) mass is 350 g/mol. The van der Waals surface area contributed by atoms with E-state index in [1.807, 2.05) is 36.0 Å². The molecule has 4 nitrogen and oxygen atoms in total. The number of nitrogens with zero attached hydrogens (tertiary/aromatic N) is 1. The Morgan fingerprint density at radius 3 is 2.96 bits per heavy atom. The van der Waals surface area contributed by atoms with E-state index in [0.29, 0.717) is 13.1 Å². The molecule has 0 unspecified atom stereocenters. The van der Waals surface area contributed by atoms with E-state index < -0.39 is 0 Å². The Morgan fingerprint density at radius 2 is 2.22 bits per heavy atom. The summed E-state index contributed by atoms with van der Waals surface area (Å²) >= 11 is 3.60. The van der Waals surface area contributed by atoms with E-state index in [1.165, 1.54) is 4.88 Å². The lowest BCUT2D eigenvalue weighted by molar-refractivity contribution is 0.207. The van der Waals surface area contributed by atoms with E-state index in [1.54, 1.807) is 30.4 Å². The van der Waals surface area contributed by atoms with Gasteiger partial charge in [0.2, 0.25) is 0 Å². The number of nitrogens with one attached hydrogen (secondary N) is 1. The van der Waals surface area contributed by atoms with Crippen molar-refractivity contribution in [1.29, 1.82) is 0 Å². The molecule has 0 atom stereocenters. The maximum Gasteiger partial charge on any atom is 0.317 e. The van der Waals surface area contributed by atoms with Crippen molar-refractivity contribution in [2.24, 2.45) is 0 Å². The van der Waals surface area contributed by atoms with Crippen LogP contribution in [0.15, 0.2) is 41.8 Å². The Kier molecular flexibility index (Phi) is 7.29. The molecule has 6 heteroatoms. The van der Waals surface area contributed by atoms with Gasteiger partial charge in [0.25, 0.3) is 0 Å². The van der Waals surface area contributed by atoms with Crippen LogP contribution in [0.5, 0.6) is 5.75 Å². The number of thioether (sulfide) groups is 1. The number of amides is 2. The zero-order valence-electron chi connectivity index (χ0n) is 13.5. The molecule has 2 amide bonds. The number of methoxy groups -OCH3 is 1. The SMILES string of the molecule is COc1cccc(CN(C)C(=O)NCCSCc2cccs2)c1. The fraction of sp³-hybridized carbons (Fsp3) is 0.353. The molecule has 0 fully saturated rings. The highest BCUT2D eigenvalue weighted by atomic mass is 32.2. The van der Waals surface area contributed by atoms with E-state index >= 15 is 0 Å². The van der Waals surface area contributed by atoms with Crippen LogP contribution in [-0.4, -0.2) is 37.4 Å². The zero-order valence-corrected chi connectivity index (χ0v) is 15.1. The third kappa shape index (κ3) is 6.15. The van der Waals surface area contributed by atoms with Crippen molar-refractivity contribution in [2.45, 2.75) is 12.3 Å². The van der Waals surface area contributed by atoms with Crippen LogP contribution in [-0.2, 0) is 12.3 Å². The van der Waals surface area contributed by atoms with Crippen molar-refractivity contribution in [1.82, 2.24) is 10.2 Å². The van der Waals surface area contributed by atoms with Gasteiger partial charge < -0.3 is 15.0 Å². The molecule has 124 valence electrons. The molecule has 0 bridgehead atoms.